The van der Waals surface area contributed by atoms with Gasteiger partial charge >= 0.3 is 12.1 Å². The maximum Gasteiger partial charge on any atom is 0.408 e. The third kappa shape index (κ3) is 12.6. The minimum Gasteiger partial charge on any atom is -0.466 e. The Morgan fingerprint density at radius 3 is 1.96 bits per heavy atom. The number of alkyl carbamates (subject to hydrolysis) is 1. The zero-order valence-electron chi connectivity index (χ0n) is 19.0. The number of ether oxygens (including phenoxy) is 2. The molecule has 1 N–H and O–H groups in total. The van der Waals surface area contributed by atoms with E-state index < -0.39 is 23.7 Å². The molecule has 0 saturated carbocycles. The normalized spacial score (nSPS) is 12.6. The monoisotopic (exact) mass is 400 g/mol. The number of hydrogen-bond donors (Lipinski definition) is 1. The van der Waals surface area contributed by atoms with Gasteiger partial charge in [-0.3, -0.25) is 9.59 Å². The molecule has 7 heteroatoms. The molecule has 2 amide bonds. The highest BCUT2D eigenvalue weighted by Crippen LogP contribution is 2.11. The molecule has 164 valence electrons. The third-order valence-electron chi connectivity index (χ3n) is 3.60. The van der Waals surface area contributed by atoms with Crippen molar-refractivity contribution in [2.24, 2.45) is 11.8 Å². The third-order valence-corrected chi connectivity index (χ3v) is 3.60. The van der Waals surface area contributed by atoms with Gasteiger partial charge < -0.3 is 19.7 Å². The van der Waals surface area contributed by atoms with Crippen LogP contribution >= 0.6 is 0 Å². The second kappa shape index (κ2) is 12.6. The van der Waals surface area contributed by atoms with Gasteiger partial charge in [-0.25, -0.2) is 4.79 Å². The second-order valence-electron chi connectivity index (χ2n) is 9.01. The Kier molecular flexibility index (Phi) is 11.8. The molecule has 0 radical (unpaired) electrons. The minimum atomic E-state index is -1.01. The average molecular weight is 401 g/mol. The van der Waals surface area contributed by atoms with Crippen LogP contribution in [0.15, 0.2) is 0 Å². The van der Waals surface area contributed by atoms with Crippen LogP contribution in [0.5, 0.6) is 0 Å². The predicted molar refractivity (Wildman–Crippen MR) is 110 cm³/mol. The largest absolute Gasteiger partial charge is 0.466 e. The molecule has 0 saturated heterocycles. The first-order valence-corrected chi connectivity index (χ1v) is 10.3. The Labute approximate surface area is 170 Å². The maximum absolute atomic E-state index is 13.1. The van der Waals surface area contributed by atoms with Crippen molar-refractivity contribution in [3.63, 3.8) is 0 Å². The standard InChI is InChI=1S/C21H40N2O5/c1-9-10-11-27-18(24)12-17(22-20(26)28-21(6,7)8)19(25)23(13-15(2)3)14-16(4)5/h15-17H,9-14H2,1-8H3,(H,22,26)/t17-/m0/s1. The van der Waals surface area contributed by atoms with E-state index in [4.69, 9.17) is 9.47 Å². The van der Waals surface area contributed by atoms with Gasteiger partial charge in [-0.05, 0) is 39.0 Å². The molecule has 0 bridgehead atoms. The van der Waals surface area contributed by atoms with Crippen molar-refractivity contribution in [2.75, 3.05) is 19.7 Å². The van der Waals surface area contributed by atoms with E-state index in [0.717, 1.165) is 12.8 Å². The van der Waals surface area contributed by atoms with Crippen molar-refractivity contribution in [1.82, 2.24) is 10.2 Å². The summed E-state index contributed by atoms with van der Waals surface area (Å²) in [5, 5.41) is 2.57. The van der Waals surface area contributed by atoms with Gasteiger partial charge in [0, 0.05) is 13.1 Å². The van der Waals surface area contributed by atoms with Gasteiger partial charge in [0.15, 0.2) is 0 Å². The van der Waals surface area contributed by atoms with Gasteiger partial charge in [-0.2, -0.15) is 0 Å². The highest BCUT2D eigenvalue weighted by molar-refractivity contribution is 5.89. The summed E-state index contributed by atoms with van der Waals surface area (Å²) < 4.78 is 10.5. The van der Waals surface area contributed by atoms with Crippen LogP contribution in [0.25, 0.3) is 0 Å². The van der Waals surface area contributed by atoms with E-state index >= 15 is 0 Å². The van der Waals surface area contributed by atoms with E-state index in [9.17, 15) is 14.4 Å². The van der Waals surface area contributed by atoms with E-state index in [1.165, 1.54) is 0 Å². The van der Waals surface area contributed by atoms with Gasteiger partial charge in [0.05, 0.1) is 13.0 Å². The molecule has 0 fully saturated rings. The van der Waals surface area contributed by atoms with Crippen LogP contribution in [-0.4, -0.2) is 54.2 Å². The van der Waals surface area contributed by atoms with Gasteiger partial charge in [0.2, 0.25) is 5.91 Å². The summed E-state index contributed by atoms with van der Waals surface area (Å²) in [7, 11) is 0. The lowest BCUT2D eigenvalue weighted by Crippen LogP contribution is -2.52. The van der Waals surface area contributed by atoms with Crippen LogP contribution in [0.2, 0.25) is 0 Å². The number of amides is 2. The molecule has 0 aromatic rings. The molecule has 0 aromatic heterocycles. The molecule has 7 nitrogen and oxygen atoms in total. The first-order valence-electron chi connectivity index (χ1n) is 10.3. The van der Waals surface area contributed by atoms with Crippen LogP contribution < -0.4 is 5.32 Å². The zero-order chi connectivity index (χ0) is 21.9. The van der Waals surface area contributed by atoms with Crippen LogP contribution in [0, 0.1) is 11.8 Å². The highest BCUT2D eigenvalue weighted by atomic mass is 16.6. The Morgan fingerprint density at radius 1 is 1.00 bits per heavy atom. The summed E-state index contributed by atoms with van der Waals surface area (Å²) in [6, 6.07) is -1.01. The topological polar surface area (TPSA) is 84.9 Å². The minimum absolute atomic E-state index is 0.214. The fourth-order valence-corrected chi connectivity index (χ4v) is 2.56. The number of rotatable bonds is 11. The van der Waals surface area contributed by atoms with Crippen LogP contribution in [0.4, 0.5) is 4.79 Å². The quantitative estimate of drug-likeness (QED) is 0.422. The number of nitrogens with one attached hydrogen (secondary N) is 1. The summed E-state index contributed by atoms with van der Waals surface area (Å²) in [6.45, 7) is 16.7. The number of hydrogen-bond acceptors (Lipinski definition) is 5. The summed E-state index contributed by atoms with van der Waals surface area (Å²) in [5.41, 5.74) is -0.700. The van der Waals surface area contributed by atoms with Gasteiger partial charge in [0.1, 0.15) is 11.6 Å². The van der Waals surface area contributed by atoms with Crippen LogP contribution in [0.1, 0.15) is 74.7 Å². The number of unbranched alkanes of at least 4 members (excludes halogenated alkanes) is 1. The molecule has 0 aliphatic carbocycles. The van der Waals surface area contributed by atoms with E-state index in [-0.39, 0.29) is 24.2 Å². The molecular formula is C21H40N2O5. The lowest BCUT2D eigenvalue weighted by atomic mass is 10.1. The first-order chi connectivity index (χ1) is 12.9. The van der Waals surface area contributed by atoms with E-state index in [1.807, 2.05) is 34.6 Å². The molecule has 0 aliphatic rings. The summed E-state index contributed by atoms with van der Waals surface area (Å²) >= 11 is 0. The van der Waals surface area contributed by atoms with Gasteiger partial charge in [0.25, 0.3) is 0 Å². The van der Waals surface area contributed by atoms with Gasteiger partial charge in [-0.1, -0.05) is 41.0 Å². The van der Waals surface area contributed by atoms with Crippen molar-refractivity contribution in [3.8, 4) is 0 Å². The van der Waals surface area contributed by atoms with E-state index in [1.54, 1.807) is 25.7 Å². The summed E-state index contributed by atoms with van der Waals surface area (Å²) in [4.78, 5) is 39.2. The SMILES string of the molecule is CCCCOC(=O)C[C@H](NC(=O)OC(C)(C)C)C(=O)N(CC(C)C)CC(C)C. The fourth-order valence-electron chi connectivity index (χ4n) is 2.56. The molecule has 0 unspecified atom stereocenters. The number of nitrogens with zero attached hydrogens (tertiary/aromatic N) is 1. The van der Waals surface area contributed by atoms with Gasteiger partial charge in [-0.15, -0.1) is 0 Å². The number of carbonyl (C=O) groups is 3. The average Bonchev–Trinajstić information content (AvgIpc) is 2.50. The molecule has 0 aliphatic heterocycles. The maximum atomic E-state index is 13.1. The Hall–Kier alpha value is -1.79. The van der Waals surface area contributed by atoms with Crippen LogP contribution in [-0.2, 0) is 19.1 Å². The number of carbonyl (C=O) groups excluding carboxylic acids is 3. The van der Waals surface area contributed by atoms with Crippen molar-refractivity contribution >= 4 is 18.0 Å². The summed E-state index contributed by atoms with van der Waals surface area (Å²) in [6.07, 6.45) is 0.731. The van der Waals surface area contributed by atoms with Crippen molar-refractivity contribution in [3.05, 3.63) is 0 Å². The first kappa shape index (κ1) is 26.2. The molecule has 1 atom stereocenters. The highest BCUT2D eigenvalue weighted by Gasteiger charge is 2.31. The molecule has 0 rings (SSSR count). The Morgan fingerprint density at radius 2 is 1.54 bits per heavy atom. The van der Waals surface area contributed by atoms with Crippen LogP contribution in [0.3, 0.4) is 0 Å². The Balaban J connectivity index is 5.31. The van der Waals surface area contributed by atoms with Crippen molar-refractivity contribution in [2.45, 2.75) is 86.3 Å². The lowest BCUT2D eigenvalue weighted by molar-refractivity contribution is -0.147. The lowest BCUT2D eigenvalue weighted by Gasteiger charge is -2.30. The van der Waals surface area contributed by atoms with E-state index in [0.29, 0.717) is 19.7 Å². The fraction of sp³-hybridized carbons (Fsp3) is 0.857. The zero-order valence-corrected chi connectivity index (χ0v) is 19.0. The predicted octanol–water partition coefficient (Wildman–Crippen LogP) is 3.75. The smallest absolute Gasteiger partial charge is 0.408 e. The van der Waals surface area contributed by atoms with Crippen molar-refractivity contribution in [1.29, 1.82) is 0 Å². The molecule has 0 heterocycles. The molecular weight excluding hydrogens is 360 g/mol. The summed E-state index contributed by atoms with van der Waals surface area (Å²) in [5.74, 6) is -0.264. The Bertz CT molecular complexity index is 488. The molecule has 28 heavy (non-hydrogen) atoms. The van der Waals surface area contributed by atoms with Crippen molar-refractivity contribution < 1.29 is 23.9 Å². The molecule has 0 aromatic carbocycles. The van der Waals surface area contributed by atoms with E-state index in [2.05, 4.69) is 5.32 Å². The molecule has 0 spiro atoms. The second-order valence-corrected chi connectivity index (χ2v) is 9.01. The number of esters is 1.